The third-order valence-corrected chi connectivity index (χ3v) is 1.81. The minimum atomic E-state index is -0.946. The Balaban J connectivity index is 4.36. The number of ether oxygens (including phenoxy) is 2. The Morgan fingerprint density at radius 3 is 2.12 bits per heavy atom. The van der Waals surface area contributed by atoms with E-state index in [0.717, 1.165) is 0 Å². The van der Waals surface area contributed by atoms with Gasteiger partial charge in [0.25, 0.3) is 0 Å². The Kier molecular flexibility index (Phi) is 7.83. The summed E-state index contributed by atoms with van der Waals surface area (Å²) in [5.41, 5.74) is 0. The average Bonchev–Trinajstić information content (AvgIpc) is 2.25. The molecule has 0 unspecified atom stereocenters. The average molecular weight is 231 g/mol. The number of nitrogens with zero attached hydrogens (tertiary/aromatic N) is 1. The summed E-state index contributed by atoms with van der Waals surface area (Å²) >= 11 is 0. The Bertz CT molecular complexity index is 234. The predicted molar refractivity (Wildman–Crippen MR) is 56.3 cm³/mol. The molecule has 0 saturated carbocycles. The van der Waals surface area contributed by atoms with Gasteiger partial charge in [-0.2, -0.15) is 0 Å². The first-order valence-corrected chi connectivity index (χ1v) is 5.16. The van der Waals surface area contributed by atoms with Gasteiger partial charge in [-0.15, -0.1) is 5.16 Å². The second-order valence-electron chi connectivity index (χ2n) is 2.93. The van der Waals surface area contributed by atoms with Crippen LogP contribution in [0.5, 0.6) is 0 Å². The Morgan fingerprint density at radius 1 is 1.25 bits per heavy atom. The van der Waals surface area contributed by atoms with Gasteiger partial charge in [-0.25, -0.2) is 0 Å². The molecule has 0 aliphatic carbocycles. The van der Waals surface area contributed by atoms with E-state index < -0.39 is 17.9 Å². The van der Waals surface area contributed by atoms with Gasteiger partial charge < -0.3 is 14.7 Å². The van der Waals surface area contributed by atoms with E-state index in [2.05, 4.69) is 5.16 Å². The van der Waals surface area contributed by atoms with E-state index in [1.54, 1.807) is 13.8 Å². The molecule has 92 valence electrons. The van der Waals surface area contributed by atoms with Crippen LogP contribution in [0.3, 0.4) is 0 Å². The molecule has 0 aromatic carbocycles. The van der Waals surface area contributed by atoms with Crippen molar-refractivity contribution in [2.24, 2.45) is 11.1 Å². The molecule has 0 atom stereocenters. The molecule has 16 heavy (non-hydrogen) atoms. The summed E-state index contributed by atoms with van der Waals surface area (Å²) in [4.78, 5) is 22.8. The van der Waals surface area contributed by atoms with Crippen molar-refractivity contribution in [3.05, 3.63) is 0 Å². The Labute approximate surface area is 94.2 Å². The molecule has 0 saturated heterocycles. The van der Waals surface area contributed by atoms with Crippen molar-refractivity contribution in [1.82, 2.24) is 0 Å². The van der Waals surface area contributed by atoms with Crippen molar-refractivity contribution in [3.8, 4) is 0 Å². The highest BCUT2D eigenvalue weighted by molar-refractivity contribution is 5.95. The molecule has 0 fully saturated rings. The van der Waals surface area contributed by atoms with Gasteiger partial charge in [0.1, 0.15) is 0 Å². The standard InChI is InChI=1S/C10H17NO5/c1-3-15-9(12)8(6-5-7-11-14)10(13)16-4-2/h7-8,14H,3-6H2,1-2H3/b11-7+. The third-order valence-electron chi connectivity index (χ3n) is 1.81. The Morgan fingerprint density at radius 2 is 1.75 bits per heavy atom. The summed E-state index contributed by atoms with van der Waals surface area (Å²) < 4.78 is 9.51. The zero-order valence-electron chi connectivity index (χ0n) is 9.51. The van der Waals surface area contributed by atoms with Gasteiger partial charge in [0.15, 0.2) is 5.92 Å². The van der Waals surface area contributed by atoms with Crippen LogP contribution in [0.15, 0.2) is 5.16 Å². The fraction of sp³-hybridized carbons (Fsp3) is 0.700. The smallest absolute Gasteiger partial charge is 0.320 e. The largest absolute Gasteiger partial charge is 0.465 e. The first kappa shape index (κ1) is 14.4. The highest BCUT2D eigenvalue weighted by atomic mass is 16.6. The van der Waals surface area contributed by atoms with Crippen molar-refractivity contribution < 1.29 is 24.3 Å². The molecule has 0 aliphatic heterocycles. The van der Waals surface area contributed by atoms with Gasteiger partial charge in [0, 0.05) is 6.21 Å². The maximum Gasteiger partial charge on any atom is 0.320 e. The van der Waals surface area contributed by atoms with Crippen LogP contribution >= 0.6 is 0 Å². The molecule has 6 heteroatoms. The summed E-state index contributed by atoms with van der Waals surface area (Å²) in [5, 5.41) is 11.0. The number of rotatable bonds is 7. The fourth-order valence-corrected chi connectivity index (χ4v) is 1.12. The van der Waals surface area contributed by atoms with Crippen molar-refractivity contribution in [1.29, 1.82) is 0 Å². The fourth-order valence-electron chi connectivity index (χ4n) is 1.12. The van der Waals surface area contributed by atoms with Crippen molar-refractivity contribution in [3.63, 3.8) is 0 Å². The van der Waals surface area contributed by atoms with E-state index in [4.69, 9.17) is 14.7 Å². The van der Waals surface area contributed by atoms with Crippen LogP contribution in [0.1, 0.15) is 26.7 Å². The number of esters is 2. The molecular formula is C10H17NO5. The molecule has 0 amide bonds. The van der Waals surface area contributed by atoms with E-state index in [-0.39, 0.29) is 19.6 Å². The second-order valence-corrected chi connectivity index (χ2v) is 2.93. The number of hydrogen-bond donors (Lipinski definition) is 1. The van der Waals surface area contributed by atoms with Gasteiger partial charge in [0.05, 0.1) is 13.2 Å². The lowest BCUT2D eigenvalue weighted by Crippen LogP contribution is -2.28. The maximum atomic E-state index is 11.4. The second kappa shape index (κ2) is 8.70. The summed E-state index contributed by atoms with van der Waals surface area (Å²) in [6.45, 7) is 3.75. The van der Waals surface area contributed by atoms with E-state index in [1.807, 2.05) is 0 Å². The molecule has 0 spiro atoms. The first-order chi connectivity index (χ1) is 7.67. The third kappa shape index (κ3) is 5.33. The number of oxime groups is 1. The maximum absolute atomic E-state index is 11.4. The minimum absolute atomic E-state index is 0.210. The lowest BCUT2D eigenvalue weighted by atomic mass is 10.0. The van der Waals surface area contributed by atoms with Crippen molar-refractivity contribution >= 4 is 18.2 Å². The molecule has 0 rings (SSSR count). The van der Waals surface area contributed by atoms with Crippen LogP contribution in [-0.4, -0.2) is 36.6 Å². The molecule has 1 N–H and O–H groups in total. The summed E-state index contributed by atoms with van der Waals surface area (Å²) in [7, 11) is 0. The molecule has 0 bridgehead atoms. The Hall–Kier alpha value is -1.59. The topological polar surface area (TPSA) is 85.2 Å². The van der Waals surface area contributed by atoms with Crippen LogP contribution < -0.4 is 0 Å². The van der Waals surface area contributed by atoms with Crippen LogP contribution in [0.2, 0.25) is 0 Å². The molecular weight excluding hydrogens is 214 g/mol. The van der Waals surface area contributed by atoms with Crippen molar-refractivity contribution in [2.75, 3.05) is 13.2 Å². The van der Waals surface area contributed by atoms with Gasteiger partial charge in [0.2, 0.25) is 0 Å². The first-order valence-electron chi connectivity index (χ1n) is 5.16. The summed E-state index contributed by atoms with van der Waals surface area (Å²) in [5.74, 6) is -2.16. The highest BCUT2D eigenvalue weighted by Crippen LogP contribution is 2.10. The SMILES string of the molecule is CCOC(=O)C(CC/C=N/O)C(=O)OCC. The minimum Gasteiger partial charge on any atom is -0.465 e. The van der Waals surface area contributed by atoms with Crippen LogP contribution in [-0.2, 0) is 19.1 Å². The number of hydrogen-bond acceptors (Lipinski definition) is 6. The van der Waals surface area contributed by atoms with Crippen molar-refractivity contribution in [2.45, 2.75) is 26.7 Å². The lowest BCUT2D eigenvalue weighted by Gasteiger charge is -2.12. The highest BCUT2D eigenvalue weighted by Gasteiger charge is 2.28. The van der Waals surface area contributed by atoms with Gasteiger partial charge in [-0.05, 0) is 26.7 Å². The lowest BCUT2D eigenvalue weighted by molar-refractivity contribution is -0.161. The number of carbonyl (C=O) groups excluding carboxylic acids is 2. The van der Waals surface area contributed by atoms with Gasteiger partial charge >= 0.3 is 11.9 Å². The zero-order chi connectivity index (χ0) is 12.4. The molecule has 0 radical (unpaired) electrons. The molecule has 0 heterocycles. The monoisotopic (exact) mass is 231 g/mol. The van der Waals surface area contributed by atoms with E-state index in [1.165, 1.54) is 6.21 Å². The molecule has 0 aromatic heterocycles. The van der Waals surface area contributed by atoms with E-state index in [0.29, 0.717) is 6.42 Å². The normalized spacial score (nSPS) is 10.7. The molecule has 6 nitrogen and oxygen atoms in total. The summed E-state index contributed by atoms with van der Waals surface area (Å²) in [6, 6.07) is 0. The zero-order valence-corrected chi connectivity index (χ0v) is 9.51. The van der Waals surface area contributed by atoms with Crippen LogP contribution in [0.25, 0.3) is 0 Å². The van der Waals surface area contributed by atoms with Gasteiger partial charge in [-0.1, -0.05) is 0 Å². The summed E-state index contributed by atoms with van der Waals surface area (Å²) in [6.07, 6.45) is 1.73. The van der Waals surface area contributed by atoms with Crippen LogP contribution in [0, 0.1) is 5.92 Å². The quantitative estimate of drug-likeness (QED) is 0.232. The van der Waals surface area contributed by atoms with Gasteiger partial charge in [-0.3, -0.25) is 9.59 Å². The molecule has 0 aliphatic rings. The van der Waals surface area contributed by atoms with E-state index in [9.17, 15) is 9.59 Å². The molecule has 0 aromatic rings. The predicted octanol–water partition coefficient (Wildman–Crippen LogP) is 0.969. The van der Waals surface area contributed by atoms with Crippen LogP contribution in [0.4, 0.5) is 0 Å². The number of carbonyl (C=O) groups is 2. The van der Waals surface area contributed by atoms with E-state index >= 15 is 0 Å².